The van der Waals surface area contributed by atoms with Crippen LogP contribution in [0.4, 0.5) is 13.2 Å². The zero-order chi connectivity index (χ0) is 26.7. The topological polar surface area (TPSA) is 56.7 Å². The molecular formula is C30H38F3N3O2. The summed E-state index contributed by atoms with van der Waals surface area (Å²) in [5, 5.41) is 9.96. The molecule has 8 heteroatoms. The fourth-order valence-electron chi connectivity index (χ4n) is 6.42. The first-order valence-corrected chi connectivity index (χ1v) is 14.0. The molecule has 3 heterocycles. The van der Waals surface area contributed by atoms with Crippen LogP contribution in [0.1, 0.15) is 62.1 Å². The number of piperidine rings is 1. The van der Waals surface area contributed by atoms with Gasteiger partial charge in [-0.05, 0) is 86.4 Å². The Kier molecular flexibility index (Phi) is 8.38. The van der Waals surface area contributed by atoms with Gasteiger partial charge >= 0.3 is 5.97 Å². The second-order valence-electron chi connectivity index (χ2n) is 11.6. The Bertz CT molecular complexity index is 1070. The second-order valence-corrected chi connectivity index (χ2v) is 11.6. The lowest BCUT2D eigenvalue weighted by atomic mass is 9.86. The number of benzene rings is 1. The molecule has 1 aliphatic carbocycles. The zero-order valence-corrected chi connectivity index (χ0v) is 21.8. The number of carboxylic acids is 1. The second kappa shape index (κ2) is 11.7. The van der Waals surface area contributed by atoms with E-state index in [0.29, 0.717) is 31.8 Å². The van der Waals surface area contributed by atoms with Crippen LogP contribution >= 0.6 is 0 Å². The van der Waals surface area contributed by atoms with E-state index in [9.17, 15) is 23.1 Å². The lowest BCUT2D eigenvalue weighted by Crippen LogP contribution is -2.42. The number of carboxylic acid groups (broad SMARTS) is 1. The summed E-state index contributed by atoms with van der Waals surface area (Å²) in [6.07, 6.45) is 6.35. The van der Waals surface area contributed by atoms with Gasteiger partial charge in [0.15, 0.2) is 0 Å². The molecule has 5 nitrogen and oxygen atoms in total. The van der Waals surface area contributed by atoms with Gasteiger partial charge in [-0.2, -0.15) is 8.78 Å². The number of aromatic nitrogens is 1. The maximum Gasteiger partial charge on any atom is 0.320 e. The average molecular weight is 530 g/mol. The highest BCUT2D eigenvalue weighted by molar-refractivity contribution is 5.73. The number of pyridine rings is 1. The number of alkyl halides is 2. The van der Waals surface area contributed by atoms with Gasteiger partial charge in [0.05, 0.1) is 0 Å². The number of hydrogen-bond acceptors (Lipinski definition) is 4. The monoisotopic (exact) mass is 529 g/mol. The van der Waals surface area contributed by atoms with E-state index in [-0.39, 0.29) is 35.7 Å². The van der Waals surface area contributed by atoms with Gasteiger partial charge in [0, 0.05) is 38.2 Å². The first-order valence-electron chi connectivity index (χ1n) is 14.0. The van der Waals surface area contributed by atoms with E-state index in [1.165, 1.54) is 18.3 Å². The number of halogens is 3. The standard InChI is InChI=1S/C30H38F3N3O2/c31-25-5-3-4-23(17-25)26-20-36(27(29(37)38)16-22-7-8-22)19-24(26)18-35-14-10-21(11-15-35)9-12-30(32,33)28-6-1-2-13-34-28/h1-6,13,17,21-22,24,26-27H,7-12,14-16,18-20H2,(H,37,38). The minimum absolute atomic E-state index is 0.0709. The third kappa shape index (κ3) is 6.75. The van der Waals surface area contributed by atoms with Crippen LogP contribution in [0.5, 0.6) is 0 Å². The number of nitrogens with zero attached hydrogens (tertiary/aromatic N) is 3. The van der Waals surface area contributed by atoms with Gasteiger partial charge in [0.25, 0.3) is 5.92 Å². The van der Waals surface area contributed by atoms with E-state index in [4.69, 9.17) is 0 Å². The summed E-state index contributed by atoms with van der Waals surface area (Å²) in [6.45, 7) is 3.80. The molecule has 3 aliphatic rings. The van der Waals surface area contributed by atoms with Crippen LogP contribution < -0.4 is 0 Å². The van der Waals surface area contributed by atoms with Crippen LogP contribution in [0, 0.1) is 23.6 Å². The van der Waals surface area contributed by atoms with E-state index >= 15 is 0 Å². The van der Waals surface area contributed by atoms with Crippen LogP contribution in [0.3, 0.4) is 0 Å². The minimum Gasteiger partial charge on any atom is -0.480 e. The molecule has 0 amide bonds. The summed E-state index contributed by atoms with van der Waals surface area (Å²) >= 11 is 0. The van der Waals surface area contributed by atoms with Crippen molar-refractivity contribution in [2.24, 2.45) is 17.8 Å². The van der Waals surface area contributed by atoms with Crippen LogP contribution in [-0.2, 0) is 10.7 Å². The van der Waals surface area contributed by atoms with Crippen molar-refractivity contribution in [3.05, 3.63) is 65.7 Å². The van der Waals surface area contributed by atoms with Crippen molar-refractivity contribution in [2.75, 3.05) is 32.7 Å². The number of rotatable bonds is 11. The van der Waals surface area contributed by atoms with Gasteiger partial charge in [0.2, 0.25) is 0 Å². The molecule has 2 saturated heterocycles. The summed E-state index contributed by atoms with van der Waals surface area (Å²) in [6, 6.07) is 10.9. The molecule has 3 fully saturated rings. The van der Waals surface area contributed by atoms with E-state index in [2.05, 4.69) is 14.8 Å². The van der Waals surface area contributed by atoms with E-state index in [1.807, 2.05) is 6.07 Å². The van der Waals surface area contributed by atoms with Crippen molar-refractivity contribution >= 4 is 5.97 Å². The summed E-state index contributed by atoms with van der Waals surface area (Å²) in [5.74, 6) is -2.91. The molecular weight excluding hydrogens is 491 g/mol. The molecule has 1 N–H and O–H groups in total. The van der Waals surface area contributed by atoms with Crippen molar-refractivity contribution in [3.8, 4) is 0 Å². The normalized spacial score (nSPS) is 24.5. The molecule has 1 aromatic carbocycles. The fraction of sp³-hybridized carbons (Fsp3) is 0.600. The van der Waals surface area contributed by atoms with Crippen molar-refractivity contribution in [1.82, 2.24) is 14.8 Å². The summed E-state index contributed by atoms with van der Waals surface area (Å²) < 4.78 is 43.3. The molecule has 0 bridgehead atoms. The summed E-state index contributed by atoms with van der Waals surface area (Å²) in [5.41, 5.74) is 0.771. The third-order valence-corrected chi connectivity index (χ3v) is 8.83. The van der Waals surface area contributed by atoms with Gasteiger partial charge in [-0.25, -0.2) is 4.39 Å². The number of aliphatic carboxylic acids is 1. The molecule has 1 aromatic heterocycles. The van der Waals surface area contributed by atoms with Crippen molar-refractivity contribution in [1.29, 1.82) is 0 Å². The lowest BCUT2D eigenvalue weighted by Gasteiger charge is -2.35. The first-order chi connectivity index (χ1) is 18.3. The van der Waals surface area contributed by atoms with Crippen molar-refractivity contribution < 1.29 is 23.1 Å². The minimum atomic E-state index is -2.91. The summed E-state index contributed by atoms with van der Waals surface area (Å²) in [7, 11) is 0. The quantitative estimate of drug-likeness (QED) is 0.400. The maximum absolute atomic E-state index is 14.6. The Labute approximate surface area is 223 Å². The summed E-state index contributed by atoms with van der Waals surface area (Å²) in [4.78, 5) is 20.5. The number of hydrogen-bond donors (Lipinski definition) is 1. The Morgan fingerprint density at radius 1 is 1.05 bits per heavy atom. The molecule has 0 radical (unpaired) electrons. The van der Waals surface area contributed by atoms with Crippen molar-refractivity contribution in [2.45, 2.75) is 62.8 Å². The van der Waals surface area contributed by atoms with Crippen LogP contribution in [0.15, 0.2) is 48.7 Å². The molecule has 2 aromatic rings. The molecule has 3 atom stereocenters. The van der Waals surface area contributed by atoms with Crippen LogP contribution in [0.2, 0.25) is 0 Å². The Morgan fingerprint density at radius 3 is 2.50 bits per heavy atom. The highest BCUT2D eigenvalue weighted by atomic mass is 19.3. The van der Waals surface area contributed by atoms with Gasteiger partial charge in [-0.1, -0.05) is 31.0 Å². The Hall–Kier alpha value is -2.45. The molecule has 38 heavy (non-hydrogen) atoms. The molecule has 5 rings (SSSR count). The maximum atomic E-state index is 14.6. The highest BCUT2D eigenvalue weighted by Gasteiger charge is 2.42. The third-order valence-electron chi connectivity index (χ3n) is 8.83. The van der Waals surface area contributed by atoms with Gasteiger partial charge in [-0.15, -0.1) is 0 Å². The fourth-order valence-corrected chi connectivity index (χ4v) is 6.42. The molecule has 2 aliphatic heterocycles. The Morgan fingerprint density at radius 2 is 1.84 bits per heavy atom. The average Bonchev–Trinajstić information content (AvgIpc) is 3.65. The Balaban J connectivity index is 1.18. The van der Waals surface area contributed by atoms with Crippen LogP contribution in [-0.4, -0.2) is 64.6 Å². The molecule has 3 unspecified atom stereocenters. The SMILES string of the molecule is O=C(O)C(CC1CC1)N1CC(CN2CCC(CCC(F)(F)c3ccccn3)CC2)C(c2cccc(F)c2)C1. The molecule has 0 spiro atoms. The largest absolute Gasteiger partial charge is 0.480 e. The zero-order valence-electron chi connectivity index (χ0n) is 21.8. The predicted octanol–water partition coefficient (Wildman–Crippen LogP) is 5.77. The van der Waals surface area contributed by atoms with E-state index < -0.39 is 17.9 Å². The van der Waals surface area contributed by atoms with Gasteiger partial charge in [-0.3, -0.25) is 14.7 Å². The van der Waals surface area contributed by atoms with E-state index in [1.54, 1.807) is 24.3 Å². The van der Waals surface area contributed by atoms with Gasteiger partial charge < -0.3 is 10.0 Å². The highest BCUT2D eigenvalue weighted by Crippen LogP contribution is 2.40. The lowest BCUT2D eigenvalue weighted by molar-refractivity contribution is -0.143. The molecule has 1 saturated carbocycles. The first kappa shape index (κ1) is 27.1. The molecule has 206 valence electrons. The predicted molar refractivity (Wildman–Crippen MR) is 139 cm³/mol. The number of likely N-dealkylation sites (tertiary alicyclic amines) is 2. The van der Waals surface area contributed by atoms with Crippen molar-refractivity contribution in [3.63, 3.8) is 0 Å². The smallest absolute Gasteiger partial charge is 0.320 e. The van der Waals surface area contributed by atoms with E-state index in [0.717, 1.165) is 50.9 Å². The van der Waals surface area contributed by atoms with Crippen LogP contribution in [0.25, 0.3) is 0 Å². The number of carbonyl (C=O) groups is 1. The van der Waals surface area contributed by atoms with Gasteiger partial charge in [0.1, 0.15) is 17.6 Å².